The van der Waals surface area contributed by atoms with Gasteiger partial charge >= 0.3 is 0 Å². The molecule has 96 valence electrons. The fraction of sp³-hybridized carbons (Fsp3) is 0.500. The molecule has 1 aromatic carbocycles. The van der Waals surface area contributed by atoms with Crippen LogP contribution in [0.5, 0.6) is 0 Å². The second-order valence-electron chi connectivity index (χ2n) is 4.38. The largest absolute Gasteiger partial charge is 0.398 e. The lowest BCUT2D eigenvalue weighted by Gasteiger charge is -2.11. The maximum Gasteiger partial charge on any atom is 0.240 e. The van der Waals surface area contributed by atoms with Gasteiger partial charge in [0.05, 0.1) is 4.90 Å². The van der Waals surface area contributed by atoms with Crippen LogP contribution in [0, 0.1) is 12.8 Å². The van der Waals surface area contributed by atoms with Gasteiger partial charge < -0.3 is 5.73 Å². The minimum atomic E-state index is -3.43. The maximum atomic E-state index is 11.9. The number of rotatable bonds is 5. The van der Waals surface area contributed by atoms with Gasteiger partial charge in [-0.3, -0.25) is 0 Å². The van der Waals surface area contributed by atoms with Gasteiger partial charge in [-0.2, -0.15) is 0 Å². The van der Waals surface area contributed by atoms with E-state index in [2.05, 4.69) is 4.72 Å². The lowest BCUT2D eigenvalue weighted by molar-refractivity contribution is 0.528. The quantitative estimate of drug-likeness (QED) is 0.790. The number of sulfonamides is 1. The molecule has 1 aromatic rings. The van der Waals surface area contributed by atoms with E-state index in [-0.39, 0.29) is 4.90 Å². The Labute approximate surface area is 103 Å². The van der Waals surface area contributed by atoms with E-state index < -0.39 is 10.0 Å². The van der Waals surface area contributed by atoms with Crippen molar-refractivity contribution in [2.75, 3.05) is 12.3 Å². The molecule has 0 amide bonds. The van der Waals surface area contributed by atoms with Crippen LogP contribution in [0.1, 0.15) is 25.8 Å². The number of nitrogens with one attached hydrogen (secondary N) is 1. The summed E-state index contributed by atoms with van der Waals surface area (Å²) in [5, 5.41) is 0. The lowest BCUT2D eigenvalue weighted by Crippen LogP contribution is -2.28. The van der Waals surface area contributed by atoms with Crippen molar-refractivity contribution in [3.8, 4) is 0 Å². The molecular formula is C12H20N2O2S. The van der Waals surface area contributed by atoms with Gasteiger partial charge in [-0.1, -0.05) is 26.3 Å². The van der Waals surface area contributed by atoms with E-state index in [1.54, 1.807) is 12.1 Å². The van der Waals surface area contributed by atoms with Crippen LogP contribution in [0.3, 0.4) is 0 Å². The van der Waals surface area contributed by atoms with Crippen molar-refractivity contribution in [1.82, 2.24) is 4.72 Å². The van der Waals surface area contributed by atoms with Gasteiger partial charge in [0.1, 0.15) is 0 Å². The Morgan fingerprint density at radius 2 is 2.06 bits per heavy atom. The summed E-state index contributed by atoms with van der Waals surface area (Å²) in [5.41, 5.74) is 7.08. The highest BCUT2D eigenvalue weighted by Crippen LogP contribution is 2.17. The van der Waals surface area contributed by atoms with Gasteiger partial charge in [-0.15, -0.1) is 0 Å². The summed E-state index contributed by atoms with van der Waals surface area (Å²) >= 11 is 0. The average molecular weight is 256 g/mol. The van der Waals surface area contributed by atoms with E-state index in [1.165, 1.54) is 6.07 Å². The molecule has 0 aromatic heterocycles. The third-order valence-corrected chi connectivity index (χ3v) is 4.30. The van der Waals surface area contributed by atoms with E-state index in [0.29, 0.717) is 18.2 Å². The molecule has 0 aliphatic rings. The first-order chi connectivity index (χ1) is 7.86. The van der Waals surface area contributed by atoms with Crippen molar-refractivity contribution in [3.63, 3.8) is 0 Å². The zero-order valence-electron chi connectivity index (χ0n) is 10.5. The van der Waals surface area contributed by atoms with Crippen molar-refractivity contribution in [3.05, 3.63) is 23.8 Å². The summed E-state index contributed by atoms with van der Waals surface area (Å²) in [4.78, 5) is 0.226. The van der Waals surface area contributed by atoms with Gasteiger partial charge in [-0.25, -0.2) is 13.1 Å². The van der Waals surface area contributed by atoms with Crippen molar-refractivity contribution in [2.45, 2.75) is 32.1 Å². The van der Waals surface area contributed by atoms with E-state index in [1.807, 2.05) is 20.8 Å². The van der Waals surface area contributed by atoms with Crippen LogP contribution < -0.4 is 10.5 Å². The topological polar surface area (TPSA) is 72.2 Å². The lowest BCUT2D eigenvalue weighted by atomic mass is 10.1. The van der Waals surface area contributed by atoms with Crippen LogP contribution in [0.4, 0.5) is 5.69 Å². The number of hydrogen-bond acceptors (Lipinski definition) is 3. The van der Waals surface area contributed by atoms with Gasteiger partial charge in [0.2, 0.25) is 10.0 Å². The summed E-state index contributed by atoms with van der Waals surface area (Å²) in [6.45, 7) is 6.33. The number of hydrogen-bond donors (Lipinski definition) is 2. The molecule has 17 heavy (non-hydrogen) atoms. The van der Waals surface area contributed by atoms with Crippen molar-refractivity contribution in [1.29, 1.82) is 0 Å². The molecule has 3 N–H and O–H groups in total. The second-order valence-corrected chi connectivity index (χ2v) is 6.15. The second kappa shape index (κ2) is 5.51. The SMILES string of the molecule is CCC(C)CNS(=O)(=O)c1ccc(C)c(N)c1. The monoisotopic (exact) mass is 256 g/mol. The Morgan fingerprint density at radius 1 is 1.41 bits per heavy atom. The molecule has 0 aliphatic carbocycles. The van der Waals surface area contributed by atoms with Crippen LogP contribution in [0.2, 0.25) is 0 Å². The minimum absolute atomic E-state index is 0.226. The van der Waals surface area contributed by atoms with E-state index in [4.69, 9.17) is 5.73 Å². The van der Waals surface area contributed by atoms with E-state index >= 15 is 0 Å². The molecule has 0 aliphatic heterocycles. The smallest absolute Gasteiger partial charge is 0.240 e. The third-order valence-electron chi connectivity index (χ3n) is 2.88. The zero-order chi connectivity index (χ0) is 13.1. The summed E-state index contributed by atoms with van der Waals surface area (Å²) in [7, 11) is -3.43. The number of nitrogen functional groups attached to an aromatic ring is 1. The van der Waals surface area contributed by atoms with Gasteiger partial charge in [0, 0.05) is 12.2 Å². The molecule has 1 atom stereocenters. The fourth-order valence-corrected chi connectivity index (χ4v) is 2.47. The molecule has 1 unspecified atom stereocenters. The molecule has 0 saturated carbocycles. The maximum absolute atomic E-state index is 11.9. The van der Waals surface area contributed by atoms with E-state index in [9.17, 15) is 8.42 Å². The molecule has 0 radical (unpaired) electrons. The predicted molar refractivity (Wildman–Crippen MR) is 70.2 cm³/mol. The van der Waals surface area contributed by atoms with Crippen LogP contribution in [0.25, 0.3) is 0 Å². The van der Waals surface area contributed by atoms with Gasteiger partial charge in [0.15, 0.2) is 0 Å². The first-order valence-electron chi connectivity index (χ1n) is 5.72. The van der Waals surface area contributed by atoms with Gasteiger partial charge in [-0.05, 0) is 30.5 Å². The highest BCUT2D eigenvalue weighted by molar-refractivity contribution is 7.89. The minimum Gasteiger partial charge on any atom is -0.398 e. The molecule has 0 saturated heterocycles. The molecule has 5 heteroatoms. The number of aryl methyl sites for hydroxylation is 1. The highest BCUT2D eigenvalue weighted by Gasteiger charge is 2.15. The molecule has 4 nitrogen and oxygen atoms in total. The van der Waals surface area contributed by atoms with Crippen LogP contribution in [0.15, 0.2) is 23.1 Å². The molecule has 0 bridgehead atoms. The van der Waals surface area contributed by atoms with Crippen LogP contribution >= 0.6 is 0 Å². The predicted octanol–water partition coefficient (Wildman–Crippen LogP) is 1.90. The first kappa shape index (κ1) is 14.0. The Balaban J connectivity index is 2.86. The normalized spacial score (nSPS) is 13.6. The number of anilines is 1. The molecular weight excluding hydrogens is 236 g/mol. The van der Waals surface area contributed by atoms with Crippen LogP contribution in [-0.2, 0) is 10.0 Å². The Hall–Kier alpha value is -1.07. The van der Waals surface area contributed by atoms with E-state index in [0.717, 1.165) is 12.0 Å². The Kier molecular flexibility index (Phi) is 4.54. The Bertz CT molecular complexity index is 483. The zero-order valence-corrected chi connectivity index (χ0v) is 11.3. The summed E-state index contributed by atoms with van der Waals surface area (Å²) < 4.78 is 26.5. The van der Waals surface area contributed by atoms with Crippen LogP contribution in [-0.4, -0.2) is 15.0 Å². The first-order valence-corrected chi connectivity index (χ1v) is 7.21. The fourth-order valence-electron chi connectivity index (χ4n) is 1.27. The highest BCUT2D eigenvalue weighted by atomic mass is 32.2. The van der Waals surface area contributed by atoms with Crippen molar-refractivity contribution >= 4 is 15.7 Å². The third kappa shape index (κ3) is 3.71. The molecule has 0 spiro atoms. The Morgan fingerprint density at radius 3 is 2.59 bits per heavy atom. The summed E-state index contributed by atoms with van der Waals surface area (Å²) in [5.74, 6) is 0.326. The number of nitrogens with two attached hydrogens (primary N) is 1. The average Bonchev–Trinajstić information content (AvgIpc) is 2.29. The van der Waals surface area contributed by atoms with Crippen molar-refractivity contribution < 1.29 is 8.42 Å². The summed E-state index contributed by atoms with van der Waals surface area (Å²) in [6.07, 6.45) is 0.943. The standard InChI is InChI=1S/C12H20N2O2S/c1-4-9(2)8-14-17(15,16)11-6-5-10(3)12(13)7-11/h5-7,9,14H,4,8,13H2,1-3H3. The van der Waals surface area contributed by atoms with Crippen molar-refractivity contribution in [2.24, 2.45) is 5.92 Å². The number of benzene rings is 1. The summed E-state index contributed by atoms with van der Waals surface area (Å²) in [6, 6.07) is 4.78. The molecule has 0 heterocycles. The molecule has 1 rings (SSSR count). The molecule has 0 fully saturated rings. The van der Waals surface area contributed by atoms with Gasteiger partial charge in [0.25, 0.3) is 0 Å².